The van der Waals surface area contributed by atoms with Crippen LogP contribution in [0.4, 0.5) is 0 Å². The van der Waals surface area contributed by atoms with Crippen molar-refractivity contribution in [2.24, 2.45) is 5.41 Å². The lowest BCUT2D eigenvalue weighted by molar-refractivity contribution is 0.0329. The van der Waals surface area contributed by atoms with E-state index in [1.54, 1.807) is 0 Å². The van der Waals surface area contributed by atoms with Gasteiger partial charge in [-0.1, -0.05) is 25.7 Å². The molecule has 0 spiro atoms. The van der Waals surface area contributed by atoms with Crippen LogP contribution in [-0.2, 0) is 4.74 Å². The third kappa shape index (κ3) is 3.21. The number of methoxy groups -OCH3 is 1. The molecule has 0 aliphatic heterocycles. The third-order valence-corrected chi connectivity index (χ3v) is 4.74. The van der Waals surface area contributed by atoms with Crippen LogP contribution in [0.3, 0.4) is 0 Å². The first-order valence-electron chi connectivity index (χ1n) is 7.17. The standard InChI is InChI=1S/C14H27NO2/c1-17-13-7-3-2-6-12(13)15-10-14(11-16)8-4-5-9-14/h12-13,15-16H,2-11H2,1H3. The zero-order valence-electron chi connectivity index (χ0n) is 11.1. The number of hydrogen-bond acceptors (Lipinski definition) is 3. The normalized spacial score (nSPS) is 32.8. The Labute approximate surface area is 105 Å². The molecule has 2 fully saturated rings. The lowest BCUT2D eigenvalue weighted by Gasteiger charge is -2.35. The summed E-state index contributed by atoms with van der Waals surface area (Å²) in [6.07, 6.45) is 10.3. The highest BCUT2D eigenvalue weighted by Gasteiger charge is 2.34. The lowest BCUT2D eigenvalue weighted by Crippen LogP contribution is -2.47. The van der Waals surface area contributed by atoms with Gasteiger partial charge in [-0.2, -0.15) is 0 Å². The second-order valence-corrected chi connectivity index (χ2v) is 5.91. The zero-order valence-corrected chi connectivity index (χ0v) is 11.1. The quantitative estimate of drug-likeness (QED) is 0.774. The molecule has 2 aliphatic rings. The van der Waals surface area contributed by atoms with E-state index < -0.39 is 0 Å². The first-order valence-corrected chi connectivity index (χ1v) is 7.17. The van der Waals surface area contributed by atoms with Gasteiger partial charge in [0.2, 0.25) is 0 Å². The summed E-state index contributed by atoms with van der Waals surface area (Å²) in [6.45, 7) is 1.30. The number of aliphatic hydroxyl groups excluding tert-OH is 1. The second kappa shape index (κ2) is 6.17. The smallest absolute Gasteiger partial charge is 0.0724 e. The van der Waals surface area contributed by atoms with Crippen LogP contribution in [0.5, 0.6) is 0 Å². The number of nitrogens with one attached hydrogen (secondary N) is 1. The van der Waals surface area contributed by atoms with Gasteiger partial charge in [-0.15, -0.1) is 0 Å². The van der Waals surface area contributed by atoms with E-state index in [0.717, 1.165) is 6.54 Å². The molecule has 0 aromatic rings. The fraction of sp³-hybridized carbons (Fsp3) is 1.00. The Bertz CT molecular complexity index is 226. The fourth-order valence-electron chi connectivity index (χ4n) is 3.48. The highest BCUT2D eigenvalue weighted by molar-refractivity contribution is 4.89. The minimum Gasteiger partial charge on any atom is -0.396 e. The van der Waals surface area contributed by atoms with Gasteiger partial charge in [0.25, 0.3) is 0 Å². The number of ether oxygens (including phenoxy) is 1. The van der Waals surface area contributed by atoms with Gasteiger partial charge in [-0.05, 0) is 25.7 Å². The molecular weight excluding hydrogens is 214 g/mol. The predicted octanol–water partition coefficient (Wildman–Crippen LogP) is 2.09. The largest absolute Gasteiger partial charge is 0.396 e. The van der Waals surface area contributed by atoms with Crippen molar-refractivity contribution in [1.29, 1.82) is 0 Å². The molecule has 2 N–H and O–H groups in total. The maximum atomic E-state index is 9.60. The zero-order chi connectivity index (χ0) is 12.1. The second-order valence-electron chi connectivity index (χ2n) is 5.91. The van der Waals surface area contributed by atoms with Gasteiger partial charge in [-0.3, -0.25) is 0 Å². The molecule has 2 saturated carbocycles. The molecule has 0 amide bonds. The SMILES string of the molecule is COC1CCCCC1NCC1(CO)CCCC1. The van der Waals surface area contributed by atoms with E-state index in [4.69, 9.17) is 4.74 Å². The van der Waals surface area contributed by atoms with Crippen molar-refractivity contribution in [3.63, 3.8) is 0 Å². The summed E-state index contributed by atoms with van der Waals surface area (Å²) >= 11 is 0. The van der Waals surface area contributed by atoms with Gasteiger partial charge >= 0.3 is 0 Å². The summed E-state index contributed by atoms with van der Waals surface area (Å²) in [5.41, 5.74) is 0.162. The molecule has 17 heavy (non-hydrogen) atoms. The Hall–Kier alpha value is -0.120. The molecule has 0 aromatic heterocycles. The first-order chi connectivity index (χ1) is 8.29. The van der Waals surface area contributed by atoms with Gasteiger partial charge in [-0.25, -0.2) is 0 Å². The van der Waals surface area contributed by atoms with Gasteiger partial charge in [0, 0.05) is 31.7 Å². The molecule has 2 rings (SSSR count). The molecule has 2 unspecified atom stereocenters. The summed E-state index contributed by atoms with van der Waals surface area (Å²) in [5.74, 6) is 0. The molecule has 2 aliphatic carbocycles. The number of hydrogen-bond donors (Lipinski definition) is 2. The van der Waals surface area contributed by atoms with Crippen molar-refractivity contribution >= 4 is 0 Å². The third-order valence-electron chi connectivity index (χ3n) is 4.74. The Kier molecular flexibility index (Phi) is 4.83. The Morgan fingerprint density at radius 2 is 1.88 bits per heavy atom. The van der Waals surface area contributed by atoms with Crippen molar-refractivity contribution in [3.05, 3.63) is 0 Å². The number of rotatable bonds is 5. The maximum Gasteiger partial charge on any atom is 0.0724 e. The molecule has 100 valence electrons. The molecule has 0 heterocycles. The van der Waals surface area contributed by atoms with Crippen LogP contribution in [0.1, 0.15) is 51.4 Å². The Morgan fingerprint density at radius 1 is 1.18 bits per heavy atom. The summed E-state index contributed by atoms with van der Waals surface area (Å²) in [6, 6.07) is 0.498. The summed E-state index contributed by atoms with van der Waals surface area (Å²) < 4.78 is 5.56. The molecule has 0 aromatic carbocycles. The highest BCUT2D eigenvalue weighted by Crippen LogP contribution is 2.37. The highest BCUT2D eigenvalue weighted by atomic mass is 16.5. The molecule has 0 saturated heterocycles. The van der Waals surface area contributed by atoms with Crippen LogP contribution in [0.2, 0.25) is 0 Å². The minimum atomic E-state index is 0.162. The molecule has 0 bridgehead atoms. The van der Waals surface area contributed by atoms with Crippen LogP contribution in [0, 0.1) is 5.41 Å². The summed E-state index contributed by atoms with van der Waals surface area (Å²) in [4.78, 5) is 0. The monoisotopic (exact) mass is 241 g/mol. The lowest BCUT2D eigenvalue weighted by atomic mass is 9.85. The topological polar surface area (TPSA) is 41.5 Å². The summed E-state index contributed by atoms with van der Waals surface area (Å²) in [7, 11) is 1.82. The fourth-order valence-corrected chi connectivity index (χ4v) is 3.48. The van der Waals surface area contributed by atoms with E-state index in [9.17, 15) is 5.11 Å². The van der Waals surface area contributed by atoms with E-state index in [2.05, 4.69) is 5.32 Å². The van der Waals surface area contributed by atoms with E-state index in [1.165, 1.54) is 51.4 Å². The first kappa shape index (κ1) is 13.3. The Balaban J connectivity index is 1.83. The van der Waals surface area contributed by atoms with Crippen molar-refractivity contribution in [3.8, 4) is 0 Å². The van der Waals surface area contributed by atoms with Gasteiger partial charge in [0.05, 0.1) is 6.10 Å². The van der Waals surface area contributed by atoms with Crippen molar-refractivity contribution in [1.82, 2.24) is 5.32 Å². The Morgan fingerprint density at radius 3 is 2.53 bits per heavy atom. The van der Waals surface area contributed by atoms with E-state index in [-0.39, 0.29) is 5.41 Å². The number of aliphatic hydroxyl groups is 1. The molecule has 0 radical (unpaired) electrons. The average molecular weight is 241 g/mol. The van der Waals surface area contributed by atoms with Crippen LogP contribution in [0.25, 0.3) is 0 Å². The molecule has 3 heteroatoms. The van der Waals surface area contributed by atoms with E-state index in [0.29, 0.717) is 18.8 Å². The van der Waals surface area contributed by atoms with E-state index in [1.807, 2.05) is 7.11 Å². The molecule has 2 atom stereocenters. The molecular formula is C14H27NO2. The van der Waals surface area contributed by atoms with E-state index >= 15 is 0 Å². The van der Waals surface area contributed by atoms with Crippen molar-refractivity contribution < 1.29 is 9.84 Å². The average Bonchev–Trinajstić information content (AvgIpc) is 2.86. The van der Waals surface area contributed by atoms with Crippen LogP contribution in [-0.4, -0.2) is 37.5 Å². The van der Waals surface area contributed by atoms with Gasteiger partial charge in [0.1, 0.15) is 0 Å². The summed E-state index contributed by atoms with van der Waals surface area (Å²) in [5, 5.41) is 13.3. The van der Waals surface area contributed by atoms with Crippen molar-refractivity contribution in [2.75, 3.05) is 20.3 Å². The van der Waals surface area contributed by atoms with Crippen LogP contribution < -0.4 is 5.32 Å². The maximum absolute atomic E-state index is 9.60. The molecule has 3 nitrogen and oxygen atoms in total. The van der Waals surface area contributed by atoms with Crippen LogP contribution >= 0.6 is 0 Å². The predicted molar refractivity (Wildman–Crippen MR) is 69.0 cm³/mol. The minimum absolute atomic E-state index is 0.162. The van der Waals surface area contributed by atoms with Crippen molar-refractivity contribution in [2.45, 2.75) is 63.5 Å². The van der Waals surface area contributed by atoms with Gasteiger partial charge < -0.3 is 15.2 Å². The van der Waals surface area contributed by atoms with Gasteiger partial charge in [0.15, 0.2) is 0 Å². The van der Waals surface area contributed by atoms with Crippen LogP contribution in [0.15, 0.2) is 0 Å².